The van der Waals surface area contributed by atoms with Gasteiger partial charge in [0.25, 0.3) is 0 Å². The predicted octanol–water partition coefficient (Wildman–Crippen LogP) is 1.69. The monoisotopic (exact) mass is 333 g/mol. The molecule has 0 amide bonds. The lowest BCUT2D eigenvalue weighted by molar-refractivity contribution is 0.329. The number of hydrogen-bond acceptors (Lipinski definition) is 4. The van der Waals surface area contributed by atoms with Crippen LogP contribution >= 0.6 is 15.9 Å². The van der Waals surface area contributed by atoms with Gasteiger partial charge in [-0.25, -0.2) is 8.42 Å². The van der Waals surface area contributed by atoms with Gasteiger partial charge in [0.2, 0.25) is 10.0 Å². The van der Waals surface area contributed by atoms with E-state index in [0.717, 1.165) is 19.3 Å². The largest absolute Gasteiger partial charge is 0.315 e. The Morgan fingerprint density at radius 1 is 1.33 bits per heavy atom. The summed E-state index contributed by atoms with van der Waals surface area (Å²) in [7, 11) is -3.54. The molecule has 1 fully saturated rings. The van der Waals surface area contributed by atoms with Gasteiger partial charge in [-0.2, -0.15) is 4.31 Å². The average molecular weight is 334 g/mol. The predicted molar refractivity (Wildman–Crippen MR) is 72.3 cm³/mol. The van der Waals surface area contributed by atoms with Gasteiger partial charge in [-0.15, -0.1) is 0 Å². The number of sulfonamides is 1. The average Bonchev–Trinajstić information content (AvgIpc) is 2.54. The Balaban J connectivity index is 2.35. The van der Waals surface area contributed by atoms with E-state index < -0.39 is 16.2 Å². The molecule has 1 aliphatic heterocycles. The Hall–Kier alpha value is -0.500. The van der Waals surface area contributed by atoms with Crippen LogP contribution in [-0.4, -0.2) is 30.4 Å². The molecule has 2 rings (SSSR count). The fourth-order valence-corrected chi connectivity index (χ4v) is 4.16. The molecule has 1 saturated heterocycles. The van der Waals surface area contributed by atoms with Crippen molar-refractivity contribution in [2.75, 3.05) is 6.54 Å². The van der Waals surface area contributed by atoms with Crippen molar-refractivity contribution in [2.45, 2.75) is 36.7 Å². The molecule has 1 unspecified atom stereocenters. The summed E-state index contributed by atoms with van der Waals surface area (Å²) in [6.45, 7) is 0.482. The van der Waals surface area contributed by atoms with Crippen LogP contribution < -0.4 is 5.73 Å². The second-order valence-corrected chi connectivity index (χ2v) is 7.18. The molecule has 1 aromatic heterocycles. The second kappa shape index (κ2) is 5.64. The number of rotatable bonds is 2. The molecule has 1 aromatic rings. The number of nitrogens with two attached hydrogens (primary N) is 1. The van der Waals surface area contributed by atoms with Gasteiger partial charge in [0, 0.05) is 23.4 Å². The second-order valence-electron chi connectivity index (χ2n) is 4.37. The topological polar surface area (TPSA) is 76.3 Å². The molecule has 0 bridgehead atoms. The summed E-state index contributed by atoms with van der Waals surface area (Å²) in [6, 6.07) is 1.56. The van der Waals surface area contributed by atoms with E-state index in [1.54, 1.807) is 12.3 Å². The van der Waals surface area contributed by atoms with Crippen molar-refractivity contribution in [2.24, 2.45) is 5.73 Å². The maximum Gasteiger partial charge on any atom is 0.246 e. The molecule has 18 heavy (non-hydrogen) atoms. The fourth-order valence-electron chi connectivity index (χ4n) is 2.07. The maximum absolute atomic E-state index is 12.5. The van der Waals surface area contributed by atoms with Crippen molar-refractivity contribution >= 4 is 26.0 Å². The smallest absolute Gasteiger partial charge is 0.246 e. The van der Waals surface area contributed by atoms with Crippen LogP contribution in [0.25, 0.3) is 0 Å². The van der Waals surface area contributed by atoms with Gasteiger partial charge in [-0.3, -0.25) is 4.98 Å². The minimum absolute atomic E-state index is 0.189. The highest BCUT2D eigenvalue weighted by Gasteiger charge is 2.30. The molecule has 0 aromatic carbocycles. The van der Waals surface area contributed by atoms with E-state index in [9.17, 15) is 8.42 Å². The third-order valence-electron chi connectivity index (χ3n) is 3.03. The molecule has 0 saturated carbocycles. The maximum atomic E-state index is 12.5. The van der Waals surface area contributed by atoms with E-state index in [0.29, 0.717) is 17.4 Å². The van der Waals surface area contributed by atoms with E-state index in [4.69, 9.17) is 5.73 Å². The van der Waals surface area contributed by atoms with Crippen LogP contribution in [0.1, 0.15) is 25.7 Å². The third-order valence-corrected chi connectivity index (χ3v) is 5.36. The number of aromatic nitrogens is 1. The summed E-state index contributed by atoms with van der Waals surface area (Å²) in [5, 5.41) is 0. The Kier molecular flexibility index (Phi) is 4.37. The standard InChI is InChI=1S/C11H16BrN3O2S/c12-9-6-10(8-14-7-9)18(16,17)15-5-3-1-2-4-11(15)13/h6-8,11H,1-5,13H2. The first kappa shape index (κ1) is 13.9. The summed E-state index contributed by atoms with van der Waals surface area (Å²) in [5.41, 5.74) is 5.96. The molecule has 100 valence electrons. The zero-order chi connectivity index (χ0) is 13.2. The van der Waals surface area contributed by atoms with Crippen molar-refractivity contribution in [3.05, 3.63) is 22.9 Å². The van der Waals surface area contributed by atoms with Gasteiger partial charge in [0.15, 0.2) is 0 Å². The summed E-state index contributed by atoms with van der Waals surface area (Å²) < 4.78 is 27.0. The van der Waals surface area contributed by atoms with Crippen molar-refractivity contribution in [3.8, 4) is 0 Å². The van der Waals surface area contributed by atoms with Gasteiger partial charge in [-0.05, 0) is 34.8 Å². The van der Waals surface area contributed by atoms with E-state index >= 15 is 0 Å². The molecule has 0 radical (unpaired) electrons. The van der Waals surface area contributed by atoms with E-state index in [-0.39, 0.29) is 4.90 Å². The van der Waals surface area contributed by atoms with Gasteiger partial charge in [0.1, 0.15) is 4.90 Å². The van der Waals surface area contributed by atoms with Crippen molar-refractivity contribution in [3.63, 3.8) is 0 Å². The highest BCUT2D eigenvalue weighted by atomic mass is 79.9. The van der Waals surface area contributed by atoms with Crippen LogP contribution in [0, 0.1) is 0 Å². The highest BCUT2D eigenvalue weighted by Crippen LogP contribution is 2.23. The van der Waals surface area contributed by atoms with Gasteiger partial charge < -0.3 is 5.73 Å². The fraction of sp³-hybridized carbons (Fsp3) is 0.545. The van der Waals surface area contributed by atoms with E-state index in [1.165, 1.54) is 10.5 Å². The first-order chi connectivity index (χ1) is 8.51. The summed E-state index contributed by atoms with van der Waals surface area (Å²) in [4.78, 5) is 4.09. The lowest BCUT2D eigenvalue weighted by Gasteiger charge is -2.25. The van der Waals surface area contributed by atoms with Crippen molar-refractivity contribution in [1.82, 2.24) is 9.29 Å². The Morgan fingerprint density at radius 2 is 2.11 bits per heavy atom. The van der Waals surface area contributed by atoms with Crippen LogP contribution in [0.15, 0.2) is 27.8 Å². The van der Waals surface area contributed by atoms with Crippen LogP contribution in [0.2, 0.25) is 0 Å². The minimum Gasteiger partial charge on any atom is -0.315 e. The summed E-state index contributed by atoms with van der Waals surface area (Å²) in [6.07, 6.45) is 6.05. The summed E-state index contributed by atoms with van der Waals surface area (Å²) in [5.74, 6) is 0. The van der Waals surface area contributed by atoms with Crippen LogP contribution in [0.4, 0.5) is 0 Å². The van der Waals surface area contributed by atoms with Crippen LogP contribution in [-0.2, 0) is 10.0 Å². The van der Waals surface area contributed by atoms with Crippen LogP contribution in [0.3, 0.4) is 0 Å². The SMILES string of the molecule is NC1CCCCCN1S(=O)(=O)c1cncc(Br)c1. The zero-order valence-electron chi connectivity index (χ0n) is 9.92. The third kappa shape index (κ3) is 2.90. The molecule has 0 spiro atoms. The molecule has 2 N–H and O–H groups in total. The van der Waals surface area contributed by atoms with Gasteiger partial charge in [-0.1, -0.05) is 12.8 Å². The number of nitrogens with zero attached hydrogens (tertiary/aromatic N) is 2. The van der Waals surface area contributed by atoms with Gasteiger partial charge >= 0.3 is 0 Å². The van der Waals surface area contributed by atoms with E-state index in [2.05, 4.69) is 20.9 Å². The van der Waals surface area contributed by atoms with Gasteiger partial charge in [0.05, 0.1) is 6.17 Å². The highest BCUT2D eigenvalue weighted by molar-refractivity contribution is 9.10. The molecule has 7 heteroatoms. The molecular weight excluding hydrogens is 318 g/mol. The quantitative estimate of drug-likeness (QED) is 0.893. The molecule has 1 aliphatic rings. The lowest BCUT2D eigenvalue weighted by Crippen LogP contribution is -2.45. The Bertz CT molecular complexity index is 521. The number of halogens is 1. The molecule has 1 atom stereocenters. The zero-order valence-corrected chi connectivity index (χ0v) is 12.3. The molecule has 2 heterocycles. The molecule has 5 nitrogen and oxygen atoms in total. The van der Waals surface area contributed by atoms with Crippen molar-refractivity contribution < 1.29 is 8.42 Å². The minimum atomic E-state index is -3.54. The Morgan fingerprint density at radius 3 is 2.83 bits per heavy atom. The Labute approximate surface area is 116 Å². The first-order valence-electron chi connectivity index (χ1n) is 5.90. The first-order valence-corrected chi connectivity index (χ1v) is 8.13. The van der Waals surface area contributed by atoms with E-state index in [1.807, 2.05) is 0 Å². The van der Waals surface area contributed by atoms with Crippen LogP contribution in [0.5, 0.6) is 0 Å². The number of hydrogen-bond donors (Lipinski definition) is 1. The summed E-state index contributed by atoms with van der Waals surface area (Å²) >= 11 is 3.23. The van der Waals surface area contributed by atoms with Crippen molar-refractivity contribution in [1.29, 1.82) is 0 Å². The lowest BCUT2D eigenvalue weighted by atomic mass is 10.2. The normalized spacial score (nSPS) is 22.7. The molecular formula is C11H16BrN3O2S. The molecule has 0 aliphatic carbocycles. The number of pyridine rings is 1.